The predicted molar refractivity (Wildman–Crippen MR) is 147 cm³/mol. The van der Waals surface area contributed by atoms with Gasteiger partial charge in [-0.05, 0) is 55.5 Å². The first kappa shape index (κ1) is 24.4. The lowest BCUT2D eigenvalue weighted by Crippen LogP contribution is -2.29. The summed E-state index contributed by atoms with van der Waals surface area (Å²) in [6, 6.07) is 16.2. The molecule has 2 aromatic carbocycles. The van der Waals surface area contributed by atoms with Crippen LogP contribution in [0.5, 0.6) is 0 Å². The number of thiazole rings is 1. The van der Waals surface area contributed by atoms with Crippen molar-refractivity contribution in [3.8, 4) is 10.6 Å². The Labute approximate surface area is 215 Å². The molecule has 4 aromatic rings. The number of hydrogen-bond acceptors (Lipinski definition) is 9. The standard InChI is InChI=1S/C27H32N6O2S/c1-16-24(26-31-20-9-4-5-10-23(20)36-26)25(30-21-12-18(15-34)13-22(21)35)32-27(29-16)28-14-17-7-6-8-19(11-17)33(2)3/h4-11,18,21-22,34-35H,12-15H2,1-3H3,(H2,28,29,30,32)/t18-,21+,22+/m0/s1. The topological polar surface area (TPSA) is 106 Å². The van der Waals surface area contributed by atoms with Gasteiger partial charge in [0, 0.05) is 32.9 Å². The number of aryl methyl sites for hydroxylation is 1. The van der Waals surface area contributed by atoms with E-state index in [0.29, 0.717) is 31.2 Å². The number of anilines is 3. The zero-order valence-corrected chi connectivity index (χ0v) is 21.6. The molecular weight excluding hydrogens is 472 g/mol. The van der Waals surface area contributed by atoms with Crippen LogP contribution >= 0.6 is 11.3 Å². The van der Waals surface area contributed by atoms with Gasteiger partial charge in [0.2, 0.25) is 5.95 Å². The predicted octanol–water partition coefficient (Wildman–Crippen LogP) is 4.28. The second-order valence-corrected chi connectivity index (χ2v) is 10.6. The minimum absolute atomic E-state index is 0.0710. The van der Waals surface area contributed by atoms with Crippen molar-refractivity contribution < 1.29 is 10.2 Å². The van der Waals surface area contributed by atoms with Crippen LogP contribution in [0.25, 0.3) is 20.8 Å². The van der Waals surface area contributed by atoms with E-state index >= 15 is 0 Å². The van der Waals surface area contributed by atoms with Gasteiger partial charge >= 0.3 is 0 Å². The molecule has 1 aliphatic rings. The molecular formula is C27H32N6O2S. The fourth-order valence-electron chi connectivity index (χ4n) is 4.72. The van der Waals surface area contributed by atoms with Gasteiger partial charge < -0.3 is 25.7 Å². The van der Waals surface area contributed by atoms with Gasteiger partial charge in [-0.2, -0.15) is 4.98 Å². The third kappa shape index (κ3) is 5.13. The molecule has 5 rings (SSSR count). The van der Waals surface area contributed by atoms with Gasteiger partial charge in [-0.3, -0.25) is 0 Å². The Kier molecular flexibility index (Phi) is 7.04. The van der Waals surface area contributed by atoms with Crippen molar-refractivity contribution >= 4 is 39.0 Å². The maximum atomic E-state index is 10.6. The van der Waals surface area contributed by atoms with Gasteiger partial charge in [-0.25, -0.2) is 9.97 Å². The van der Waals surface area contributed by atoms with Gasteiger partial charge in [0.05, 0.1) is 33.6 Å². The summed E-state index contributed by atoms with van der Waals surface area (Å²) in [5, 5.41) is 27.9. The minimum Gasteiger partial charge on any atom is -0.396 e. The zero-order chi connectivity index (χ0) is 25.2. The zero-order valence-electron chi connectivity index (χ0n) is 20.8. The Bertz CT molecular complexity index is 1320. The second kappa shape index (κ2) is 10.4. The summed E-state index contributed by atoms with van der Waals surface area (Å²) in [4.78, 5) is 16.5. The average Bonchev–Trinajstić information content (AvgIpc) is 3.45. The van der Waals surface area contributed by atoms with E-state index in [0.717, 1.165) is 37.7 Å². The van der Waals surface area contributed by atoms with Crippen LogP contribution in [0.1, 0.15) is 24.1 Å². The van der Waals surface area contributed by atoms with Crippen LogP contribution in [0.4, 0.5) is 17.5 Å². The number of aliphatic hydroxyl groups excluding tert-OH is 2. The van der Waals surface area contributed by atoms with Crippen molar-refractivity contribution in [1.82, 2.24) is 15.0 Å². The first-order valence-corrected chi connectivity index (χ1v) is 13.0. The molecule has 1 aliphatic carbocycles. The van der Waals surface area contributed by atoms with Crippen LogP contribution in [-0.4, -0.2) is 58.0 Å². The van der Waals surface area contributed by atoms with Gasteiger partial charge in [0.1, 0.15) is 10.8 Å². The molecule has 36 heavy (non-hydrogen) atoms. The molecule has 0 radical (unpaired) electrons. The lowest BCUT2D eigenvalue weighted by atomic mass is 10.1. The fraction of sp³-hybridized carbons (Fsp3) is 0.370. The molecule has 1 fully saturated rings. The van der Waals surface area contributed by atoms with Gasteiger partial charge in [-0.15, -0.1) is 11.3 Å². The maximum absolute atomic E-state index is 10.6. The number of benzene rings is 2. The largest absolute Gasteiger partial charge is 0.396 e. The molecule has 0 saturated heterocycles. The first-order valence-electron chi connectivity index (χ1n) is 12.2. The Hall–Kier alpha value is -3.27. The smallest absolute Gasteiger partial charge is 0.225 e. The van der Waals surface area contributed by atoms with Crippen molar-refractivity contribution in [2.45, 2.75) is 38.5 Å². The van der Waals surface area contributed by atoms with E-state index < -0.39 is 6.10 Å². The summed E-state index contributed by atoms with van der Waals surface area (Å²) in [6.45, 7) is 2.62. The van der Waals surface area contributed by atoms with Gasteiger partial charge in [0.15, 0.2) is 0 Å². The lowest BCUT2D eigenvalue weighted by molar-refractivity contribution is 0.157. The minimum atomic E-state index is -0.550. The molecule has 9 heteroatoms. The monoisotopic (exact) mass is 504 g/mol. The summed E-state index contributed by atoms with van der Waals surface area (Å²) < 4.78 is 1.10. The number of para-hydroxylation sites is 1. The Morgan fingerprint density at radius 2 is 1.89 bits per heavy atom. The Morgan fingerprint density at radius 3 is 2.64 bits per heavy atom. The lowest BCUT2D eigenvalue weighted by Gasteiger charge is -2.20. The van der Waals surface area contributed by atoms with E-state index in [2.05, 4.69) is 39.8 Å². The number of aliphatic hydroxyl groups is 2. The molecule has 2 heterocycles. The van der Waals surface area contributed by atoms with Crippen LogP contribution in [0.2, 0.25) is 0 Å². The molecule has 188 valence electrons. The quantitative estimate of drug-likeness (QED) is 0.282. The van der Waals surface area contributed by atoms with Crippen LogP contribution in [0, 0.1) is 12.8 Å². The van der Waals surface area contributed by atoms with E-state index in [1.165, 1.54) is 0 Å². The highest BCUT2D eigenvalue weighted by atomic mass is 32.1. The van der Waals surface area contributed by atoms with Crippen molar-refractivity contribution in [3.05, 3.63) is 59.8 Å². The van der Waals surface area contributed by atoms with Crippen molar-refractivity contribution in [2.24, 2.45) is 5.92 Å². The molecule has 4 N–H and O–H groups in total. The van der Waals surface area contributed by atoms with E-state index in [1.807, 2.05) is 45.3 Å². The number of fused-ring (bicyclic) bond motifs is 1. The number of aromatic nitrogens is 3. The third-order valence-electron chi connectivity index (χ3n) is 6.68. The number of hydrogen-bond donors (Lipinski definition) is 4. The van der Waals surface area contributed by atoms with E-state index in [-0.39, 0.29) is 18.6 Å². The Morgan fingerprint density at radius 1 is 1.06 bits per heavy atom. The van der Waals surface area contributed by atoms with Crippen LogP contribution in [-0.2, 0) is 6.54 Å². The van der Waals surface area contributed by atoms with E-state index in [9.17, 15) is 10.2 Å². The normalized spacial score (nSPS) is 19.5. The van der Waals surface area contributed by atoms with Crippen molar-refractivity contribution in [3.63, 3.8) is 0 Å². The summed E-state index contributed by atoms with van der Waals surface area (Å²) in [7, 11) is 4.05. The SMILES string of the molecule is Cc1nc(NCc2cccc(N(C)C)c2)nc(N[C@@H]2C[C@H](CO)C[C@H]2O)c1-c1nc2ccccc2s1. The molecule has 3 atom stereocenters. The summed E-state index contributed by atoms with van der Waals surface area (Å²) >= 11 is 1.60. The van der Waals surface area contributed by atoms with Crippen LogP contribution in [0.15, 0.2) is 48.5 Å². The number of nitrogens with one attached hydrogen (secondary N) is 2. The fourth-order valence-corrected chi connectivity index (χ4v) is 5.78. The first-order chi connectivity index (χ1) is 17.4. The second-order valence-electron chi connectivity index (χ2n) is 9.60. The Balaban J connectivity index is 1.48. The molecule has 2 aromatic heterocycles. The molecule has 0 bridgehead atoms. The molecule has 1 saturated carbocycles. The van der Waals surface area contributed by atoms with Crippen LogP contribution in [0.3, 0.4) is 0 Å². The van der Waals surface area contributed by atoms with Crippen LogP contribution < -0.4 is 15.5 Å². The van der Waals surface area contributed by atoms with E-state index in [4.69, 9.17) is 15.0 Å². The van der Waals surface area contributed by atoms with E-state index in [1.54, 1.807) is 11.3 Å². The summed E-state index contributed by atoms with van der Waals surface area (Å²) in [6.07, 6.45) is 0.702. The summed E-state index contributed by atoms with van der Waals surface area (Å²) in [5.74, 6) is 1.24. The molecule has 0 spiro atoms. The highest BCUT2D eigenvalue weighted by Gasteiger charge is 2.33. The highest BCUT2D eigenvalue weighted by Crippen LogP contribution is 2.38. The summed E-state index contributed by atoms with van der Waals surface area (Å²) in [5.41, 5.74) is 4.85. The van der Waals surface area contributed by atoms with Crippen molar-refractivity contribution in [1.29, 1.82) is 0 Å². The highest BCUT2D eigenvalue weighted by molar-refractivity contribution is 7.21. The molecule has 8 nitrogen and oxygen atoms in total. The number of nitrogens with zero attached hydrogens (tertiary/aromatic N) is 4. The maximum Gasteiger partial charge on any atom is 0.225 e. The van der Waals surface area contributed by atoms with Crippen molar-refractivity contribution in [2.75, 3.05) is 36.2 Å². The molecule has 0 aliphatic heterocycles. The third-order valence-corrected chi connectivity index (χ3v) is 7.74. The molecule has 0 unspecified atom stereocenters. The van der Waals surface area contributed by atoms with Gasteiger partial charge in [-0.1, -0.05) is 24.3 Å². The molecule has 0 amide bonds. The number of rotatable bonds is 8. The average molecular weight is 505 g/mol. The van der Waals surface area contributed by atoms with Gasteiger partial charge in [0.25, 0.3) is 0 Å².